The van der Waals surface area contributed by atoms with E-state index in [-0.39, 0.29) is 0 Å². The van der Waals surface area contributed by atoms with Crippen LogP contribution in [0.2, 0.25) is 5.02 Å². The third-order valence-corrected chi connectivity index (χ3v) is 5.68. The molecule has 3 nitrogen and oxygen atoms in total. The van der Waals surface area contributed by atoms with Gasteiger partial charge in [-0.25, -0.2) is 8.42 Å². The molecule has 0 bridgehead atoms. The highest BCUT2D eigenvalue weighted by molar-refractivity contribution is 7.89. The van der Waals surface area contributed by atoms with Crippen molar-refractivity contribution >= 4 is 21.6 Å². The number of rotatable bonds is 6. The third-order valence-electron chi connectivity index (χ3n) is 3.41. The standard InChI is InChI=1S/C14H20ClNO2S/c1-3-8-16(10-12-5-6-12)19(17,18)13-7-4-11(2)14(15)9-13/h4,7,9,12H,3,5-6,8,10H2,1-2H3. The SMILES string of the molecule is CCCN(CC1CC1)S(=O)(=O)c1ccc(C)c(Cl)c1. The van der Waals surface area contributed by atoms with Gasteiger partial charge in [0, 0.05) is 18.1 Å². The second-order valence-corrected chi connectivity index (χ2v) is 7.56. The van der Waals surface area contributed by atoms with Crippen LogP contribution >= 0.6 is 11.6 Å². The summed E-state index contributed by atoms with van der Waals surface area (Å²) in [4.78, 5) is 0.303. The number of benzene rings is 1. The van der Waals surface area contributed by atoms with Crippen molar-refractivity contribution in [3.05, 3.63) is 28.8 Å². The minimum atomic E-state index is -3.41. The predicted octanol–water partition coefficient (Wildman–Crippen LogP) is 3.46. The molecule has 0 aromatic heterocycles. The second kappa shape index (κ2) is 5.81. The Kier molecular flexibility index (Phi) is 4.54. The number of hydrogen-bond donors (Lipinski definition) is 0. The van der Waals surface area contributed by atoms with E-state index in [1.165, 1.54) is 0 Å². The van der Waals surface area contributed by atoms with Gasteiger partial charge in [0.15, 0.2) is 0 Å². The molecule has 1 fully saturated rings. The van der Waals surface area contributed by atoms with Crippen molar-refractivity contribution in [3.8, 4) is 0 Å². The molecule has 0 radical (unpaired) electrons. The minimum Gasteiger partial charge on any atom is -0.207 e. The smallest absolute Gasteiger partial charge is 0.207 e. The van der Waals surface area contributed by atoms with Crippen molar-refractivity contribution in [2.45, 2.75) is 38.0 Å². The van der Waals surface area contributed by atoms with E-state index in [4.69, 9.17) is 11.6 Å². The zero-order valence-corrected chi connectivity index (χ0v) is 13.0. The van der Waals surface area contributed by atoms with Gasteiger partial charge < -0.3 is 0 Å². The predicted molar refractivity (Wildman–Crippen MR) is 78.0 cm³/mol. The van der Waals surface area contributed by atoms with Gasteiger partial charge in [0.1, 0.15) is 0 Å². The summed E-state index contributed by atoms with van der Waals surface area (Å²) in [6.07, 6.45) is 3.11. The molecule has 19 heavy (non-hydrogen) atoms. The molecule has 2 rings (SSSR count). The van der Waals surface area contributed by atoms with Gasteiger partial charge in [-0.05, 0) is 49.8 Å². The lowest BCUT2D eigenvalue weighted by Crippen LogP contribution is -2.33. The number of halogens is 1. The lowest BCUT2D eigenvalue weighted by molar-refractivity contribution is 0.395. The summed E-state index contributed by atoms with van der Waals surface area (Å²) in [7, 11) is -3.41. The summed E-state index contributed by atoms with van der Waals surface area (Å²) in [6.45, 7) is 5.08. The van der Waals surface area contributed by atoms with Crippen LogP contribution in [-0.2, 0) is 10.0 Å². The Morgan fingerprint density at radius 1 is 1.37 bits per heavy atom. The first-order valence-electron chi connectivity index (χ1n) is 6.71. The van der Waals surface area contributed by atoms with E-state index >= 15 is 0 Å². The molecule has 0 spiro atoms. The molecular weight excluding hydrogens is 282 g/mol. The van der Waals surface area contributed by atoms with Crippen molar-refractivity contribution in [2.24, 2.45) is 5.92 Å². The molecule has 1 aromatic carbocycles. The summed E-state index contributed by atoms with van der Waals surface area (Å²) in [5.74, 6) is 0.544. The highest BCUT2D eigenvalue weighted by Gasteiger charge is 2.31. The first-order chi connectivity index (χ1) is 8.95. The second-order valence-electron chi connectivity index (χ2n) is 5.22. The lowest BCUT2D eigenvalue weighted by Gasteiger charge is -2.21. The summed E-state index contributed by atoms with van der Waals surface area (Å²) in [6, 6.07) is 4.96. The molecule has 0 heterocycles. The molecule has 0 amide bonds. The van der Waals surface area contributed by atoms with Gasteiger partial charge in [-0.2, -0.15) is 4.31 Å². The molecular formula is C14H20ClNO2S. The van der Waals surface area contributed by atoms with Crippen LogP contribution in [0.5, 0.6) is 0 Å². The van der Waals surface area contributed by atoms with E-state index in [9.17, 15) is 8.42 Å². The highest BCUT2D eigenvalue weighted by Crippen LogP contribution is 2.32. The average molecular weight is 302 g/mol. The third kappa shape index (κ3) is 3.50. The quantitative estimate of drug-likeness (QED) is 0.807. The number of aryl methyl sites for hydroxylation is 1. The van der Waals surface area contributed by atoms with Crippen LogP contribution < -0.4 is 0 Å². The molecule has 0 aliphatic heterocycles. The van der Waals surface area contributed by atoms with Crippen molar-refractivity contribution in [3.63, 3.8) is 0 Å². The number of sulfonamides is 1. The Labute approximate surface area is 120 Å². The Balaban J connectivity index is 2.28. The number of nitrogens with zero attached hydrogens (tertiary/aromatic N) is 1. The fourth-order valence-corrected chi connectivity index (χ4v) is 3.91. The van der Waals surface area contributed by atoms with Crippen LogP contribution in [0.15, 0.2) is 23.1 Å². The van der Waals surface area contributed by atoms with Crippen LogP contribution in [0.25, 0.3) is 0 Å². The maximum atomic E-state index is 12.6. The van der Waals surface area contributed by atoms with Crippen LogP contribution in [0.3, 0.4) is 0 Å². The van der Waals surface area contributed by atoms with Gasteiger partial charge in [-0.15, -0.1) is 0 Å². The molecule has 5 heteroatoms. The Bertz CT molecular complexity index is 553. The zero-order valence-electron chi connectivity index (χ0n) is 11.4. The van der Waals surface area contributed by atoms with Crippen LogP contribution in [0.4, 0.5) is 0 Å². The molecule has 1 saturated carbocycles. The first-order valence-corrected chi connectivity index (χ1v) is 8.53. The largest absolute Gasteiger partial charge is 0.243 e. The maximum absolute atomic E-state index is 12.6. The van der Waals surface area contributed by atoms with Crippen LogP contribution in [0, 0.1) is 12.8 Å². The monoisotopic (exact) mass is 301 g/mol. The van der Waals surface area contributed by atoms with E-state index in [1.807, 2.05) is 13.8 Å². The van der Waals surface area contributed by atoms with Gasteiger partial charge in [-0.1, -0.05) is 24.6 Å². The van der Waals surface area contributed by atoms with Crippen molar-refractivity contribution in [1.82, 2.24) is 4.31 Å². The summed E-state index contributed by atoms with van der Waals surface area (Å²) in [5.41, 5.74) is 0.893. The molecule has 1 aliphatic carbocycles. The van der Waals surface area contributed by atoms with Crippen LogP contribution in [-0.4, -0.2) is 25.8 Å². The van der Waals surface area contributed by atoms with E-state index in [2.05, 4.69) is 0 Å². The summed E-state index contributed by atoms with van der Waals surface area (Å²) >= 11 is 6.04. The fraction of sp³-hybridized carbons (Fsp3) is 0.571. The minimum absolute atomic E-state index is 0.303. The van der Waals surface area contributed by atoms with Gasteiger partial charge in [0.25, 0.3) is 0 Å². The molecule has 0 N–H and O–H groups in total. The zero-order chi connectivity index (χ0) is 14.0. The fourth-order valence-electron chi connectivity index (χ4n) is 2.03. The first kappa shape index (κ1) is 14.8. The Morgan fingerprint density at radius 3 is 2.58 bits per heavy atom. The highest BCUT2D eigenvalue weighted by atomic mass is 35.5. The molecule has 0 unspecified atom stereocenters. The van der Waals surface area contributed by atoms with E-state index in [0.29, 0.717) is 28.9 Å². The van der Waals surface area contributed by atoms with Gasteiger partial charge in [-0.3, -0.25) is 0 Å². The summed E-state index contributed by atoms with van der Waals surface area (Å²) in [5, 5.41) is 0.504. The van der Waals surface area contributed by atoms with Crippen molar-refractivity contribution in [1.29, 1.82) is 0 Å². The van der Waals surface area contributed by atoms with E-state index in [0.717, 1.165) is 24.8 Å². The summed E-state index contributed by atoms with van der Waals surface area (Å²) < 4.78 is 26.8. The number of hydrogen-bond acceptors (Lipinski definition) is 2. The van der Waals surface area contributed by atoms with Crippen molar-refractivity contribution < 1.29 is 8.42 Å². The Morgan fingerprint density at radius 2 is 2.05 bits per heavy atom. The lowest BCUT2D eigenvalue weighted by atomic mass is 10.2. The molecule has 0 saturated heterocycles. The van der Waals surface area contributed by atoms with Crippen LogP contribution in [0.1, 0.15) is 31.7 Å². The molecule has 1 aromatic rings. The van der Waals surface area contributed by atoms with E-state index < -0.39 is 10.0 Å². The molecule has 1 aliphatic rings. The van der Waals surface area contributed by atoms with Crippen molar-refractivity contribution in [2.75, 3.05) is 13.1 Å². The van der Waals surface area contributed by atoms with Gasteiger partial charge in [0.2, 0.25) is 10.0 Å². The molecule has 106 valence electrons. The van der Waals surface area contributed by atoms with Gasteiger partial charge in [0.05, 0.1) is 4.90 Å². The normalized spacial score (nSPS) is 16.0. The molecule has 0 atom stereocenters. The van der Waals surface area contributed by atoms with E-state index in [1.54, 1.807) is 22.5 Å². The Hall–Kier alpha value is -0.580. The topological polar surface area (TPSA) is 37.4 Å². The average Bonchev–Trinajstić information content (AvgIpc) is 3.16. The maximum Gasteiger partial charge on any atom is 0.243 e. The van der Waals surface area contributed by atoms with Gasteiger partial charge >= 0.3 is 0 Å².